The van der Waals surface area contributed by atoms with Crippen molar-refractivity contribution in [2.24, 2.45) is 7.05 Å². The van der Waals surface area contributed by atoms with Gasteiger partial charge < -0.3 is 14.5 Å². The highest BCUT2D eigenvalue weighted by Gasteiger charge is 2.11. The molecule has 3 heterocycles. The zero-order valence-corrected chi connectivity index (χ0v) is 12.4. The first-order valence-electron chi connectivity index (χ1n) is 7.20. The molecule has 1 N–H and O–H groups in total. The normalized spacial score (nSPS) is 13.8. The summed E-state index contributed by atoms with van der Waals surface area (Å²) in [6, 6.07) is 5.69. The minimum absolute atomic E-state index is 0.204. The Kier molecular flexibility index (Phi) is 3.11. The Hall–Kier alpha value is -3.09. The van der Waals surface area contributed by atoms with E-state index in [1.807, 2.05) is 24.3 Å². The molecule has 0 fully saturated rings. The summed E-state index contributed by atoms with van der Waals surface area (Å²) in [5, 5.41) is 4.52. The summed E-state index contributed by atoms with van der Waals surface area (Å²) in [7, 11) is 1.75. The van der Waals surface area contributed by atoms with Crippen molar-refractivity contribution in [1.29, 1.82) is 0 Å². The fourth-order valence-electron chi connectivity index (χ4n) is 2.47. The second kappa shape index (κ2) is 5.28. The molecule has 0 saturated heterocycles. The maximum atomic E-state index is 12.0. The number of aromatic nitrogens is 4. The topological polar surface area (TPSA) is 82.0 Å². The van der Waals surface area contributed by atoms with Crippen LogP contribution in [0.5, 0.6) is 11.5 Å². The van der Waals surface area contributed by atoms with E-state index in [-0.39, 0.29) is 5.56 Å². The highest BCUT2D eigenvalue weighted by molar-refractivity contribution is 5.75. The molecule has 1 aliphatic rings. The van der Waals surface area contributed by atoms with E-state index in [1.54, 1.807) is 17.8 Å². The largest absolute Gasteiger partial charge is 0.486 e. The highest BCUT2D eigenvalue weighted by atomic mass is 16.6. The van der Waals surface area contributed by atoms with Crippen molar-refractivity contribution in [2.45, 2.75) is 0 Å². The Morgan fingerprint density at radius 3 is 2.91 bits per heavy atom. The lowest BCUT2D eigenvalue weighted by Crippen LogP contribution is -2.15. The molecule has 1 aromatic carbocycles. The van der Waals surface area contributed by atoms with Gasteiger partial charge in [-0.05, 0) is 23.8 Å². The summed E-state index contributed by atoms with van der Waals surface area (Å²) < 4.78 is 12.6. The maximum Gasteiger partial charge on any atom is 0.262 e. The fourth-order valence-corrected chi connectivity index (χ4v) is 2.47. The van der Waals surface area contributed by atoms with Gasteiger partial charge in [-0.2, -0.15) is 5.10 Å². The zero-order chi connectivity index (χ0) is 15.8. The molecule has 116 valence electrons. The molecule has 0 amide bonds. The molecule has 0 saturated carbocycles. The lowest BCUT2D eigenvalue weighted by molar-refractivity contribution is 0.171. The number of ether oxygens (including phenoxy) is 2. The molecule has 0 atom stereocenters. The molecule has 7 heteroatoms. The standard InChI is InChI=1S/C16H14N4O3/c1-20-15-11(9-17-20)16(21)19-14(18-15)5-3-10-2-4-12-13(8-10)23-7-6-22-12/h2-5,8-9H,6-7H2,1H3,(H,18,19,21). The third-order valence-corrected chi connectivity index (χ3v) is 3.62. The lowest BCUT2D eigenvalue weighted by Gasteiger charge is -2.18. The van der Waals surface area contributed by atoms with Gasteiger partial charge in [0.25, 0.3) is 5.56 Å². The number of H-pyrrole nitrogens is 1. The molecule has 0 spiro atoms. The Morgan fingerprint density at radius 2 is 2.04 bits per heavy atom. The lowest BCUT2D eigenvalue weighted by atomic mass is 10.2. The fraction of sp³-hybridized carbons (Fsp3) is 0.188. The van der Waals surface area contributed by atoms with Crippen LogP contribution in [0.1, 0.15) is 11.4 Å². The van der Waals surface area contributed by atoms with E-state index >= 15 is 0 Å². The molecule has 23 heavy (non-hydrogen) atoms. The average Bonchev–Trinajstić information content (AvgIpc) is 2.95. The molecule has 2 aromatic heterocycles. The number of fused-ring (bicyclic) bond motifs is 2. The third kappa shape index (κ3) is 2.46. The van der Waals surface area contributed by atoms with Crippen LogP contribution in [-0.2, 0) is 7.05 Å². The van der Waals surface area contributed by atoms with Crippen molar-refractivity contribution in [3.05, 3.63) is 46.1 Å². The van der Waals surface area contributed by atoms with Gasteiger partial charge in [-0.3, -0.25) is 9.48 Å². The first-order valence-corrected chi connectivity index (χ1v) is 7.20. The summed E-state index contributed by atoms with van der Waals surface area (Å²) >= 11 is 0. The van der Waals surface area contributed by atoms with Crippen molar-refractivity contribution in [1.82, 2.24) is 19.7 Å². The predicted octanol–water partition coefficient (Wildman–Crippen LogP) is 1.60. The van der Waals surface area contributed by atoms with E-state index in [0.29, 0.717) is 30.1 Å². The molecule has 0 unspecified atom stereocenters. The second-order valence-electron chi connectivity index (χ2n) is 5.19. The number of benzene rings is 1. The van der Waals surface area contributed by atoms with Crippen LogP contribution in [0.4, 0.5) is 0 Å². The van der Waals surface area contributed by atoms with E-state index in [1.165, 1.54) is 6.20 Å². The predicted molar refractivity (Wildman–Crippen MR) is 85.5 cm³/mol. The SMILES string of the molecule is Cn1ncc2c(=O)[nH]c(C=Cc3ccc4c(c3)OCCO4)nc21. The van der Waals surface area contributed by atoms with Gasteiger partial charge in [0.05, 0.1) is 6.20 Å². The number of nitrogens with zero attached hydrogens (tertiary/aromatic N) is 3. The maximum absolute atomic E-state index is 12.0. The summed E-state index contributed by atoms with van der Waals surface area (Å²) in [5.41, 5.74) is 1.28. The average molecular weight is 310 g/mol. The number of aryl methyl sites for hydroxylation is 1. The van der Waals surface area contributed by atoms with Gasteiger partial charge in [-0.1, -0.05) is 12.1 Å². The smallest absolute Gasteiger partial charge is 0.262 e. The molecule has 0 bridgehead atoms. The molecule has 0 aliphatic carbocycles. The third-order valence-electron chi connectivity index (χ3n) is 3.62. The number of nitrogens with one attached hydrogen (secondary N) is 1. The number of rotatable bonds is 2. The molecule has 7 nitrogen and oxygen atoms in total. The Morgan fingerprint density at radius 1 is 1.22 bits per heavy atom. The van der Waals surface area contributed by atoms with E-state index in [2.05, 4.69) is 15.1 Å². The van der Waals surface area contributed by atoms with Crippen molar-refractivity contribution in [3.8, 4) is 11.5 Å². The van der Waals surface area contributed by atoms with E-state index in [9.17, 15) is 4.79 Å². The minimum Gasteiger partial charge on any atom is -0.486 e. The molecular formula is C16H14N4O3. The van der Waals surface area contributed by atoms with Crippen molar-refractivity contribution in [2.75, 3.05) is 13.2 Å². The van der Waals surface area contributed by atoms with Crippen molar-refractivity contribution in [3.63, 3.8) is 0 Å². The molecule has 0 radical (unpaired) electrons. The van der Waals surface area contributed by atoms with Gasteiger partial charge in [0.1, 0.15) is 24.4 Å². The molecule has 3 aromatic rings. The number of hydrogen-bond donors (Lipinski definition) is 1. The van der Waals surface area contributed by atoms with Crippen LogP contribution in [0.2, 0.25) is 0 Å². The first kappa shape index (κ1) is 13.6. The van der Waals surface area contributed by atoms with Crippen LogP contribution in [0.25, 0.3) is 23.2 Å². The monoisotopic (exact) mass is 310 g/mol. The Balaban J connectivity index is 1.68. The van der Waals surface area contributed by atoms with Crippen molar-refractivity contribution < 1.29 is 9.47 Å². The highest BCUT2D eigenvalue weighted by Crippen LogP contribution is 2.31. The van der Waals surface area contributed by atoms with Gasteiger partial charge >= 0.3 is 0 Å². The van der Waals surface area contributed by atoms with E-state index < -0.39 is 0 Å². The Labute approximate surface area is 131 Å². The number of hydrogen-bond acceptors (Lipinski definition) is 5. The van der Waals surface area contributed by atoms with Crippen LogP contribution in [0, 0.1) is 0 Å². The van der Waals surface area contributed by atoms with Gasteiger partial charge in [0.15, 0.2) is 17.1 Å². The van der Waals surface area contributed by atoms with Gasteiger partial charge in [-0.25, -0.2) is 4.98 Å². The van der Waals surface area contributed by atoms with E-state index in [0.717, 1.165) is 17.1 Å². The van der Waals surface area contributed by atoms with Gasteiger partial charge in [-0.15, -0.1) is 0 Å². The number of aromatic amines is 1. The summed E-state index contributed by atoms with van der Waals surface area (Å²) in [6.07, 6.45) is 5.12. The summed E-state index contributed by atoms with van der Waals surface area (Å²) in [4.78, 5) is 19.1. The quantitative estimate of drug-likeness (QED) is 0.777. The summed E-state index contributed by atoms with van der Waals surface area (Å²) in [6.45, 7) is 1.12. The van der Waals surface area contributed by atoms with E-state index in [4.69, 9.17) is 9.47 Å². The van der Waals surface area contributed by atoms with Crippen LogP contribution in [-0.4, -0.2) is 33.0 Å². The van der Waals surface area contributed by atoms with Crippen molar-refractivity contribution >= 4 is 23.2 Å². The van der Waals surface area contributed by atoms with Crippen LogP contribution in [0.3, 0.4) is 0 Å². The van der Waals surface area contributed by atoms with Crippen LogP contribution in [0.15, 0.2) is 29.2 Å². The minimum atomic E-state index is -0.204. The van der Waals surface area contributed by atoms with Crippen LogP contribution >= 0.6 is 0 Å². The second-order valence-corrected chi connectivity index (χ2v) is 5.19. The summed E-state index contributed by atoms with van der Waals surface area (Å²) in [5.74, 6) is 1.94. The first-order chi connectivity index (χ1) is 11.2. The molecular weight excluding hydrogens is 296 g/mol. The molecule has 1 aliphatic heterocycles. The van der Waals surface area contributed by atoms with Crippen LogP contribution < -0.4 is 15.0 Å². The zero-order valence-electron chi connectivity index (χ0n) is 12.4. The Bertz CT molecular complexity index is 971. The van der Waals surface area contributed by atoms with Gasteiger partial charge in [0, 0.05) is 7.05 Å². The van der Waals surface area contributed by atoms with Gasteiger partial charge in [0.2, 0.25) is 0 Å². The molecule has 4 rings (SSSR count).